The van der Waals surface area contributed by atoms with Gasteiger partial charge in [0.15, 0.2) is 0 Å². The summed E-state index contributed by atoms with van der Waals surface area (Å²) in [6.45, 7) is 0.662. The number of nitrogens with one attached hydrogen (secondary N) is 1. The van der Waals surface area contributed by atoms with Gasteiger partial charge in [0.1, 0.15) is 5.75 Å². The van der Waals surface area contributed by atoms with Gasteiger partial charge in [-0.1, -0.05) is 30.3 Å². The highest BCUT2D eigenvalue weighted by Crippen LogP contribution is 2.24. The van der Waals surface area contributed by atoms with Crippen LogP contribution in [0.3, 0.4) is 0 Å². The number of esters is 1. The molecule has 25 heavy (non-hydrogen) atoms. The number of hydrogen-bond acceptors (Lipinski definition) is 5. The van der Waals surface area contributed by atoms with Gasteiger partial charge < -0.3 is 14.8 Å². The Morgan fingerprint density at radius 3 is 2.56 bits per heavy atom. The van der Waals surface area contributed by atoms with Crippen molar-refractivity contribution in [3.63, 3.8) is 0 Å². The zero-order valence-electron chi connectivity index (χ0n) is 14.3. The number of benzene rings is 2. The molecule has 0 unspecified atom stereocenters. The molecule has 0 radical (unpaired) electrons. The van der Waals surface area contributed by atoms with Gasteiger partial charge in [-0.2, -0.15) is 0 Å². The molecule has 5 nitrogen and oxygen atoms in total. The van der Waals surface area contributed by atoms with E-state index in [4.69, 9.17) is 9.47 Å². The van der Waals surface area contributed by atoms with Crippen LogP contribution in [0.4, 0.5) is 5.69 Å². The molecule has 5 heteroatoms. The Labute approximate surface area is 146 Å². The minimum absolute atomic E-state index is 0.151. The van der Waals surface area contributed by atoms with E-state index in [0.29, 0.717) is 12.2 Å². The molecule has 0 aliphatic heterocycles. The van der Waals surface area contributed by atoms with Crippen molar-refractivity contribution in [3.8, 4) is 5.75 Å². The second-order valence-electron chi connectivity index (χ2n) is 5.63. The van der Waals surface area contributed by atoms with Gasteiger partial charge in [-0.25, -0.2) is 0 Å². The molecule has 0 aliphatic rings. The molecular weight excluding hydrogens is 316 g/mol. The fourth-order valence-corrected chi connectivity index (χ4v) is 2.63. The van der Waals surface area contributed by atoms with Crippen LogP contribution in [-0.4, -0.2) is 25.2 Å². The third-order valence-corrected chi connectivity index (χ3v) is 3.96. The van der Waals surface area contributed by atoms with E-state index in [1.54, 1.807) is 7.11 Å². The lowest BCUT2D eigenvalue weighted by atomic mass is 10.1. The van der Waals surface area contributed by atoms with Crippen LogP contribution in [0.1, 0.15) is 11.3 Å². The molecule has 1 N–H and O–H groups in total. The molecule has 3 rings (SSSR count). The first kappa shape index (κ1) is 16.8. The molecule has 0 saturated heterocycles. The van der Waals surface area contributed by atoms with Gasteiger partial charge in [0.25, 0.3) is 0 Å². The summed E-state index contributed by atoms with van der Waals surface area (Å²) in [5.74, 6) is 0.530. The van der Waals surface area contributed by atoms with Gasteiger partial charge in [0.05, 0.1) is 31.9 Å². The third kappa shape index (κ3) is 4.07. The predicted octanol–water partition coefficient (Wildman–Crippen LogP) is 3.57. The smallest absolute Gasteiger partial charge is 0.311 e. The maximum atomic E-state index is 11.6. The van der Waals surface area contributed by atoms with Crippen molar-refractivity contribution < 1.29 is 14.3 Å². The second kappa shape index (κ2) is 7.66. The lowest BCUT2D eigenvalue weighted by Gasteiger charge is -2.12. The van der Waals surface area contributed by atoms with Gasteiger partial charge in [0, 0.05) is 17.6 Å². The lowest BCUT2D eigenvalue weighted by Crippen LogP contribution is -2.08. The average molecular weight is 336 g/mol. The molecule has 1 aromatic heterocycles. The molecular formula is C20H20N2O3. The Hall–Kier alpha value is -3.08. The summed E-state index contributed by atoms with van der Waals surface area (Å²) in [5, 5.41) is 4.46. The van der Waals surface area contributed by atoms with Crippen LogP contribution in [0.5, 0.6) is 5.75 Å². The molecule has 0 atom stereocenters. The van der Waals surface area contributed by atoms with Crippen LogP contribution in [0.25, 0.3) is 10.9 Å². The standard InChI is InChI=1S/C20H20N2O3/c1-24-16-9-7-14(8-10-16)13-21-19-11-15(12-20(23)25-2)22-18-6-4-3-5-17(18)19/h3-11H,12-13H2,1-2H3,(H,21,22). The largest absolute Gasteiger partial charge is 0.497 e. The van der Waals surface area contributed by atoms with Crippen molar-refractivity contribution in [2.45, 2.75) is 13.0 Å². The van der Waals surface area contributed by atoms with Gasteiger partial charge in [-0.3, -0.25) is 9.78 Å². The summed E-state index contributed by atoms with van der Waals surface area (Å²) in [7, 11) is 3.03. The zero-order valence-corrected chi connectivity index (χ0v) is 14.3. The minimum atomic E-state index is -0.302. The van der Waals surface area contributed by atoms with E-state index in [0.717, 1.165) is 27.9 Å². The molecule has 1 heterocycles. The second-order valence-corrected chi connectivity index (χ2v) is 5.63. The third-order valence-electron chi connectivity index (χ3n) is 3.96. The van der Waals surface area contributed by atoms with Crippen molar-refractivity contribution in [2.24, 2.45) is 0 Å². The first-order valence-electron chi connectivity index (χ1n) is 8.02. The maximum absolute atomic E-state index is 11.6. The Balaban J connectivity index is 1.86. The number of carbonyl (C=O) groups is 1. The number of nitrogens with zero attached hydrogens (tertiary/aromatic N) is 1. The number of rotatable bonds is 6. The topological polar surface area (TPSA) is 60.5 Å². The first-order valence-corrected chi connectivity index (χ1v) is 8.02. The minimum Gasteiger partial charge on any atom is -0.497 e. The number of carbonyl (C=O) groups excluding carboxylic acids is 1. The van der Waals surface area contributed by atoms with Crippen LogP contribution in [0.15, 0.2) is 54.6 Å². The molecule has 2 aromatic carbocycles. The summed E-state index contributed by atoms with van der Waals surface area (Å²) >= 11 is 0. The van der Waals surface area contributed by atoms with Crippen molar-refractivity contribution in [2.75, 3.05) is 19.5 Å². The van der Waals surface area contributed by atoms with E-state index >= 15 is 0 Å². The van der Waals surface area contributed by atoms with E-state index < -0.39 is 0 Å². The lowest BCUT2D eigenvalue weighted by molar-refractivity contribution is -0.139. The number of fused-ring (bicyclic) bond motifs is 1. The van der Waals surface area contributed by atoms with Crippen molar-refractivity contribution in [1.29, 1.82) is 0 Å². The summed E-state index contributed by atoms with van der Waals surface area (Å²) in [5.41, 5.74) is 3.61. The Kier molecular flexibility index (Phi) is 5.14. The van der Waals surface area contributed by atoms with Gasteiger partial charge >= 0.3 is 5.97 Å². The number of aromatic nitrogens is 1. The predicted molar refractivity (Wildman–Crippen MR) is 97.8 cm³/mol. The Bertz CT molecular complexity index is 876. The SMILES string of the molecule is COC(=O)Cc1cc(NCc2ccc(OC)cc2)c2ccccc2n1. The Morgan fingerprint density at radius 2 is 1.84 bits per heavy atom. The number of methoxy groups -OCH3 is 2. The Morgan fingerprint density at radius 1 is 1.08 bits per heavy atom. The maximum Gasteiger partial charge on any atom is 0.311 e. The van der Waals surface area contributed by atoms with Crippen molar-refractivity contribution in [1.82, 2.24) is 4.98 Å². The number of pyridine rings is 1. The molecule has 0 amide bonds. The zero-order chi connectivity index (χ0) is 17.6. The van der Waals surface area contributed by atoms with E-state index in [9.17, 15) is 4.79 Å². The van der Waals surface area contributed by atoms with Crippen LogP contribution in [-0.2, 0) is 22.5 Å². The van der Waals surface area contributed by atoms with Crippen LogP contribution in [0, 0.1) is 0 Å². The molecule has 128 valence electrons. The molecule has 0 spiro atoms. The van der Waals surface area contributed by atoms with E-state index in [-0.39, 0.29) is 12.4 Å². The summed E-state index contributed by atoms with van der Waals surface area (Å²) in [6.07, 6.45) is 0.151. The highest BCUT2D eigenvalue weighted by Gasteiger charge is 2.09. The average Bonchev–Trinajstić information content (AvgIpc) is 2.66. The fourth-order valence-electron chi connectivity index (χ4n) is 2.63. The number of anilines is 1. The van der Waals surface area contributed by atoms with E-state index in [1.807, 2.05) is 54.6 Å². The highest BCUT2D eigenvalue weighted by molar-refractivity contribution is 5.92. The number of ether oxygens (including phenoxy) is 2. The number of para-hydroxylation sites is 1. The molecule has 0 saturated carbocycles. The van der Waals surface area contributed by atoms with E-state index in [1.165, 1.54) is 7.11 Å². The van der Waals surface area contributed by atoms with Crippen LogP contribution in [0.2, 0.25) is 0 Å². The van der Waals surface area contributed by atoms with Crippen LogP contribution < -0.4 is 10.1 Å². The summed E-state index contributed by atoms with van der Waals surface area (Å²) < 4.78 is 9.93. The number of hydrogen-bond donors (Lipinski definition) is 1. The van der Waals surface area contributed by atoms with Crippen molar-refractivity contribution >= 4 is 22.6 Å². The molecule has 3 aromatic rings. The van der Waals surface area contributed by atoms with Gasteiger partial charge in [0.2, 0.25) is 0 Å². The monoisotopic (exact) mass is 336 g/mol. The highest BCUT2D eigenvalue weighted by atomic mass is 16.5. The van der Waals surface area contributed by atoms with Gasteiger partial charge in [-0.05, 0) is 29.8 Å². The van der Waals surface area contributed by atoms with Gasteiger partial charge in [-0.15, -0.1) is 0 Å². The first-order chi connectivity index (χ1) is 12.2. The molecule has 0 fully saturated rings. The molecule has 0 aliphatic carbocycles. The summed E-state index contributed by atoms with van der Waals surface area (Å²) in [4.78, 5) is 16.1. The van der Waals surface area contributed by atoms with E-state index in [2.05, 4.69) is 10.3 Å². The summed E-state index contributed by atoms with van der Waals surface area (Å²) in [6, 6.07) is 17.7. The van der Waals surface area contributed by atoms with Crippen LogP contribution >= 0.6 is 0 Å². The molecule has 0 bridgehead atoms. The quantitative estimate of drug-likeness (QED) is 0.697. The van der Waals surface area contributed by atoms with Crippen molar-refractivity contribution in [3.05, 3.63) is 65.9 Å². The normalized spacial score (nSPS) is 10.5. The fraction of sp³-hybridized carbons (Fsp3) is 0.200.